The Bertz CT molecular complexity index is 979. The quantitative estimate of drug-likeness (QED) is 0.294. The Hall–Kier alpha value is -2.83. The number of ether oxygens (including phenoxy) is 2. The third-order valence-electron chi connectivity index (χ3n) is 5.10. The summed E-state index contributed by atoms with van der Waals surface area (Å²) < 4.78 is 10.8. The van der Waals surface area contributed by atoms with Crippen LogP contribution in [0, 0.1) is 0 Å². The largest absolute Gasteiger partial charge is 0.460 e. The molecule has 0 amide bonds. The number of Topliss-reactive ketones (excluding diaryl/α,β-unsaturated/α-hetero) is 4. The van der Waals surface area contributed by atoms with Crippen LogP contribution in [-0.4, -0.2) is 87.2 Å². The molecule has 0 saturated carbocycles. The summed E-state index contributed by atoms with van der Waals surface area (Å²) in [6.07, 6.45) is -8.46. The van der Waals surface area contributed by atoms with Crippen LogP contribution in [0.25, 0.3) is 0 Å². The zero-order chi connectivity index (χ0) is 24.5. The molecule has 1 aromatic rings. The van der Waals surface area contributed by atoms with E-state index in [0.29, 0.717) is 0 Å². The molecule has 1 aliphatic heterocycles. The van der Waals surface area contributed by atoms with Crippen molar-refractivity contribution in [2.45, 2.75) is 58.4 Å². The average Bonchev–Trinajstić information content (AvgIpc) is 2.71. The van der Waals surface area contributed by atoms with Gasteiger partial charge in [0.2, 0.25) is 6.29 Å². The lowest BCUT2D eigenvalue weighted by molar-refractivity contribution is -0.277. The van der Waals surface area contributed by atoms with Gasteiger partial charge in [0.1, 0.15) is 30.2 Å². The van der Waals surface area contributed by atoms with Gasteiger partial charge in [-0.2, -0.15) is 0 Å². The number of aliphatic hydroxyl groups is 4. The lowest BCUT2D eigenvalue weighted by atomic mass is 9.84. The van der Waals surface area contributed by atoms with Gasteiger partial charge in [0, 0.05) is 16.7 Å². The van der Waals surface area contributed by atoms with Gasteiger partial charge < -0.3 is 29.9 Å². The van der Waals surface area contributed by atoms with E-state index in [1.165, 1.54) is 0 Å². The van der Waals surface area contributed by atoms with Gasteiger partial charge in [-0.05, 0) is 27.7 Å². The normalized spacial score (nSPS) is 25.2. The Morgan fingerprint density at radius 2 is 1.28 bits per heavy atom. The number of benzene rings is 1. The summed E-state index contributed by atoms with van der Waals surface area (Å²) in [7, 11) is 0. The van der Waals surface area contributed by atoms with Crippen LogP contribution in [0.5, 0.6) is 5.75 Å². The maximum Gasteiger partial charge on any atom is 0.229 e. The van der Waals surface area contributed by atoms with Gasteiger partial charge in [0.25, 0.3) is 0 Å². The second-order valence-corrected chi connectivity index (χ2v) is 7.40. The standard InChI is InChI=1S/C21H24O11/c1-7(24)13-11(5-22)20(16(10(4)27)15(9(3)26)14(13)8(2)25)32-21-19(30)18(29)17(28)12(6-23)31-21/h5,12,17-19,21,23,28-30H,6H2,1-4H3/t12-,17-,18+,19-,21?/m1/s1. The van der Waals surface area contributed by atoms with E-state index in [1.807, 2.05) is 0 Å². The summed E-state index contributed by atoms with van der Waals surface area (Å²) >= 11 is 0. The molecule has 11 heteroatoms. The van der Waals surface area contributed by atoms with Gasteiger partial charge in [0.15, 0.2) is 29.4 Å². The van der Waals surface area contributed by atoms with Gasteiger partial charge >= 0.3 is 0 Å². The SMILES string of the molecule is CC(=O)c1c(C=O)c(OC2O[C@H](CO)[C@@H](O)[C@H](O)[C@H]2O)c(C(C)=O)c(C(C)=O)c1C(C)=O. The lowest BCUT2D eigenvalue weighted by Crippen LogP contribution is -2.60. The topological polar surface area (TPSA) is 185 Å². The zero-order valence-electron chi connectivity index (χ0n) is 17.8. The highest BCUT2D eigenvalue weighted by Crippen LogP contribution is 2.37. The fourth-order valence-corrected chi connectivity index (χ4v) is 3.67. The third kappa shape index (κ3) is 4.38. The van der Waals surface area contributed by atoms with Gasteiger partial charge in [-0.3, -0.25) is 24.0 Å². The number of ketones is 4. The van der Waals surface area contributed by atoms with Crippen molar-refractivity contribution in [2.75, 3.05) is 6.61 Å². The molecular weight excluding hydrogens is 428 g/mol. The minimum atomic E-state index is -1.90. The smallest absolute Gasteiger partial charge is 0.229 e. The van der Waals surface area contributed by atoms with Crippen LogP contribution in [0.15, 0.2) is 0 Å². The summed E-state index contributed by atoms with van der Waals surface area (Å²) in [6.45, 7) is 3.42. The molecule has 5 atom stereocenters. The molecular formula is C21H24O11. The van der Waals surface area contributed by atoms with Crippen LogP contribution in [-0.2, 0) is 4.74 Å². The molecule has 174 valence electrons. The average molecular weight is 452 g/mol. The van der Waals surface area contributed by atoms with E-state index >= 15 is 0 Å². The van der Waals surface area contributed by atoms with Crippen molar-refractivity contribution in [1.29, 1.82) is 0 Å². The molecule has 1 unspecified atom stereocenters. The number of rotatable bonds is 8. The van der Waals surface area contributed by atoms with E-state index in [9.17, 15) is 44.4 Å². The second kappa shape index (κ2) is 9.76. The molecule has 1 fully saturated rings. The Morgan fingerprint density at radius 3 is 1.69 bits per heavy atom. The van der Waals surface area contributed by atoms with E-state index < -0.39 is 94.0 Å². The number of aliphatic hydroxyl groups excluding tert-OH is 4. The summed E-state index contributed by atoms with van der Waals surface area (Å²) in [6, 6.07) is 0. The predicted molar refractivity (Wildman–Crippen MR) is 106 cm³/mol. The zero-order valence-corrected chi connectivity index (χ0v) is 17.8. The van der Waals surface area contributed by atoms with E-state index in [1.54, 1.807) is 0 Å². The van der Waals surface area contributed by atoms with Gasteiger partial charge in [0.05, 0.1) is 17.7 Å². The minimum absolute atomic E-state index is 0.152. The van der Waals surface area contributed by atoms with Crippen molar-refractivity contribution < 1.29 is 53.9 Å². The molecule has 1 heterocycles. The number of aldehydes is 1. The van der Waals surface area contributed by atoms with Crippen LogP contribution >= 0.6 is 0 Å². The van der Waals surface area contributed by atoms with E-state index in [2.05, 4.69) is 0 Å². The summed E-state index contributed by atoms with van der Waals surface area (Å²) in [5.74, 6) is -3.69. The monoisotopic (exact) mass is 452 g/mol. The van der Waals surface area contributed by atoms with Gasteiger partial charge in [-0.15, -0.1) is 0 Å². The molecule has 0 bridgehead atoms. The fourth-order valence-electron chi connectivity index (χ4n) is 3.67. The van der Waals surface area contributed by atoms with Crippen molar-refractivity contribution in [2.24, 2.45) is 0 Å². The summed E-state index contributed by atoms with van der Waals surface area (Å²) in [5.41, 5.74) is -2.34. The van der Waals surface area contributed by atoms with Crippen molar-refractivity contribution in [3.05, 3.63) is 27.8 Å². The maximum atomic E-state index is 12.5. The molecule has 1 aliphatic rings. The van der Waals surface area contributed by atoms with E-state index in [4.69, 9.17) is 9.47 Å². The minimum Gasteiger partial charge on any atom is -0.460 e. The molecule has 32 heavy (non-hydrogen) atoms. The molecule has 0 spiro atoms. The first-order valence-electron chi connectivity index (χ1n) is 9.58. The van der Waals surface area contributed by atoms with Crippen molar-refractivity contribution >= 4 is 29.4 Å². The Labute approximate surface area is 182 Å². The highest BCUT2D eigenvalue weighted by atomic mass is 16.7. The molecule has 11 nitrogen and oxygen atoms in total. The molecule has 4 N–H and O–H groups in total. The van der Waals surface area contributed by atoms with Gasteiger partial charge in [-0.1, -0.05) is 0 Å². The fraction of sp³-hybridized carbons (Fsp3) is 0.476. The lowest BCUT2D eigenvalue weighted by Gasteiger charge is -2.40. The maximum absolute atomic E-state index is 12.5. The van der Waals surface area contributed by atoms with Crippen molar-refractivity contribution in [3.63, 3.8) is 0 Å². The van der Waals surface area contributed by atoms with Crippen LogP contribution in [0.3, 0.4) is 0 Å². The predicted octanol–water partition coefficient (Wildman–Crippen LogP) is -0.512. The summed E-state index contributed by atoms with van der Waals surface area (Å²) in [4.78, 5) is 61.6. The Morgan fingerprint density at radius 1 is 0.812 bits per heavy atom. The van der Waals surface area contributed by atoms with E-state index in [-0.39, 0.29) is 6.29 Å². The highest BCUT2D eigenvalue weighted by molar-refractivity contribution is 6.22. The molecule has 0 radical (unpaired) electrons. The highest BCUT2D eigenvalue weighted by Gasteiger charge is 2.46. The van der Waals surface area contributed by atoms with Crippen LogP contribution in [0.2, 0.25) is 0 Å². The molecule has 0 aliphatic carbocycles. The molecule has 0 aromatic heterocycles. The number of hydrogen-bond donors (Lipinski definition) is 4. The molecule has 1 saturated heterocycles. The van der Waals surface area contributed by atoms with Crippen molar-refractivity contribution in [1.82, 2.24) is 0 Å². The Kier molecular flexibility index (Phi) is 7.75. The summed E-state index contributed by atoms with van der Waals surface area (Å²) in [5, 5.41) is 39.5. The van der Waals surface area contributed by atoms with E-state index in [0.717, 1.165) is 27.7 Å². The van der Waals surface area contributed by atoms with Crippen LogP contribution in [0.4, 0.5) is 0 Å². The number of hydrogen-bond acceptors (Lipinski definition) is 11. The Balaban J connectivity index is 2.88. The third-order valence-corrected chi connectivity index (χ3v) is 5.10. The first-order valence-corrected chi connectivity index (χ1v) is 9.58. The van der Waals surface area contributed by atoms with Crippen LogP contribution < -0.4 is 4.74 Å². The van der Waals surface area contributed by atoms with Crippen LogP contribution in [0.1, 0.15) is 79.5 Å². The number of carbonyl (C=O) groups excluding carboxylic acids is 5. The van der Waals surface area contributed by atoms with Gasteiger partial charge in [-0.25, -0.2) is 0 Å². The molecule has 1 aromatic carbocycles. The number of carbonyl (C=O) groups is 5. The first kappa shape index (κ1) is 25.4. The first-order chi connectivity index (χ1) is 14.9. The molecule has 2 rings (SSSR count). The second-order valence-electron chi connectivity index (χ2n) is 7.40. The van der Waals surface area contributed by atoms with Crippen molar-refractivity contribution in [3.8, 4) is 5.75 Å².